The van der Waals surface area contributed by atoms with Crippen molar-refractivity contribution < 1.29 is 14.3 Å². The summed E-state index contributed by atoms with van der Waals surface area (Å²) in [5, 5.41) is 18.1. The Hall–Kier alpha value is -1.71. The summed E-state index contributed by atoms with van der Waals surface area (Å²) >= 11 is 6.06. The number of hydrogen-bond acceptors (Lipinski definition) is 8. The number of allylic oxidation sites excluding steroid dienone is 1. The van der Waals surface area contributed by atoms with E-state index in [1.54, 1.807) is 6.08 Å². The number of aromatic nitrogens is 2. The maximum absolute atomic E-state index is 12.8. The first-order chi connectivity index (χ1) is 12.1. The summed E-state index contributed by atoms with van der Waals surface area (Å²) in [5.74, 6) is 0.569. The molecule has 6 nitrogen and oxygen atoms in total. The number of halogens is 1. The number of rotatable bonds is 3. The predicted octanol–water partition coefficient (Wildman–Crippen LogP) is 4.01. The van der Waals surface area contributed by atoms with E-state index < -0.39 is 5.92 Å². The molecule has 1 unspecified atom stereocenters. The van der Waals surface area contributed by atoms with Crippen molar-refractivity contribution in [3.8, 4) is 11.5 Å². The van der Waals surface area contributed by atoms with Crippen LogP contribution in [0.25, 0.3) is 6.08 Å². The summed E-state index contributed by atoms with van der Waals surface area (Å²) in [6, 6.07) is 3.64. The fourth-order valence-electron chi connectivity index (χ4n) is 2.52. The van der Waals surface area contributed by atoms with Crippen LogP contribution in [0.1, 0.15) is 28.4 Å². The largest absolute Gasteiger partial charge is 0.454 e. The van der Waals surface area contributed by atoms with Crippen LogP contribution in [-0.4, -0.2) is 27.8 Å². The molecule has 0 aliphatic carbocycles. The van der Waals surface area contributed by atoms with E-state index in [0.29, 0.717) is 21.4 Å². The number of Topliss-reactive ketones (excluding diaryl/α,β-unsaturated/α-hetero) is 1. The molecule has 1 fully saturated rings. The summed E-state index contributed by atoms with van der Waals surface area (Å²) in [4.78, 5) is 13.3. The van der Waals surface area contributed by atoms with Crippen LogP contribution >= 0.6 is 39.0 Å². The maximum atomic E-state index is 12.8. The van der Waals surface area contributed by atoms with Gasteiger partial charge in [0.1, 0.15) is 15.9 Å². The Morgan fingerprint density at radius 2 is 2.12 bits per heavy atom. The molecule has 2 aliphatic heterocycles. The normalized spacial score (nSPS) is 20.7. The van der Waals surface area contributed by atoms with Crippen LogP contribution in [0.4, 0.5) is 0 Å². The molecule has 1 N–H and O–H groups in total. The van der Waals surface area contributed by atoms with E-state index in [2.05, 4.69) is 26.1 Å². The van der Waals surface area contributed by atoms with Crippen LogP contribution in [0, 0.1) is 5.41 Å². The highest BCUT2D eigenvalue weighted by Crippen LogP contribution is 2.43. The van der Waals surface area contributed by atoms with Gasteiger partial charge in [-0.05, 0) is 30.2 Å². The lowest BCUT2D eigenvalue weighted by molar-refractivity contribution is -0.114. The van der Waals surface area contributed by atoms with E-state index in [4.69, 9.17) is 14.9 Å². The number of ketones is 1. The van der Waals surface area contributed by atoms with Crippen molar-refractivity contribution >= 4 is 55.9 Å². The molecule has 9 heteroatoms. The van der Waals surface area contributed by atoms with Gasteiger partial charge in [-0.15, -0.1) is 21.5 Å². The van der Waals surface area contributed by atoms with Crippen molar-refractivity contribution in [1.82, 2.24) is 10.2 Å². The monoisotopic (exact) mass is 437 g/mol. The van der Waals surface area contributed by atoms with Crippen molar-refractivity contribution in [3.05, 3.63) is 37.1 Å². The molecule has 1 aromatic heterocycles. The summed E-state index contributed by atoms with van der Waals surface area (Å²) in [6.45, 7) is 2.18. The average Bonchev–Trinajstić information content (AvgIpc) is 3.28. The van der Waals surface area contributed by atoms with Gasteiger partial charge in [0.2, 0.25) is 6.79 Å². The van der Waals surface area contributed by atoms with Crippen molar-refractivity contribution in [2.45, 2.75) is 19.3 Å². The number of carbonyl (C=O) groups is 1. The lowest BCUT2D eigenvalue weighted by Crippen LogP contribution is -2.11. The molecule has 1 atom stereocenters. The first-order valence-corrected chi connectivity index (χ1v) is 9.93. The Morgan fingerprint density at radius 3 is 2.84 bits per heavy atom. The van der Waals surface area contributed by atoms with Crippen molar-refractivity contribution in [3.63, 3.8) is 0 Å². The van der Waals surface area contributed by atoms with Gasteiger partial charge in [-0.25, -0.2) is 0 Å². The van der Waals surface area contributed by atoms with Crippen LogP contribution in [0.5, 0.6) is 11.5 Å². The van der Waals surface area contributed by atoms with Crippen molar-refractivity contribution in [2.75, 3.05) is 6.79 Å². The topological polar surface area (TPSA) is 85.2 Å². The summed E-state index contributed by atoms with van der Waals surface area (Å²) in [6.07, 6.45) is 2.54. The Labute approximate surface area is 160 Å². The molecule has 0 amide bonds. The molecular weight excluding hydrogens is 426 g/mol. The average molecular weight is 438 g/mol. The third-order valence-electron chi connectivity index (χ3n) is 3.80. The maximum Gasteiger partial charge on any atom is 0.231 e. The molecule has 3 heterocycles. The molecule has 0 bridgehead atoms. The highest BCUT2D eigenvalue weighted by Gasteiger charge is 2.39. The van der Waals surface area contributed by atoms with E-state index in [1.165, 1.54) is 23.1 Å². The van der Waals surface area contributed by atoms with E-state index in [1.807, 2.05) is 19.1 Å². The number of carbonyl (C=O) groups excluding carboxylic acids is 1. The van der Waals surface area contributed by atoms with Crippen LogP contribution in [0.3, 0.4) is 0 Å². The van der Waals surface area contributed by atoms with Gasteiger partial charge in [-0.1, -0.05) is 34.6 Å². The predicted molar refractivity (Wildman–Crippen MR) is 101 cm³/mol. The molecule has 1 aromatic carbocycles. The van der Waals surface area contributed by atoms with Crippen molar-refractivity contribution in [1.29, 1.82) is 5.41 Å². The quantitative estimate of drug-likeness (QED) is 0.729. The van der Waals surface area contributed by atoms with Gasteiger partial charge in [0, 0.05) is 4.47 Å². The van der Waals surface area contributed by atoms with Gasteiger partial charge >= 0.3 is 0 Å². The van der Waals surface area contributed by atoms with Gasteiger partial charge < -0.3 is 9.47 Å². The number of nitrogens with one attached hydrogen (secondary N) is 1. The first-order valence-electron chi connectivity index (χ1n) is 7.50. The Balaban J connectivity index is 1.67. The molecule has 0 saturated carbocycles. The molecule has 128 valence electrons. The number of ether oxygens (including phenoxy) is 2. The van der Waals surface area contributed by atoms with Crippen LogP contribution in [0.15, 0.2) is 21.5 Å². The first kappa shape index (κ1) is 16.7. The molecule has 4 rings (SSSR count). The molecule has 0 radical (unpaired) electrons. The third kappa shape index (κ3) is 3.00. The number of nitrogens with zero attached hydrogens (tertiary/aromatic N) is 2. The second kappa shape index (κ2) is 6.54. The summed E-state index contributed by atoms with van der Waals surface area (Å²) < 4.78 is 11.5. The lowest BCUT2D eigenvalue weighted by atomic mass is 10.1. The number of hydrogen-bond donors (Lipinski definition) is 1. The van der Waals surface area contributed by atoms with E-state index in [9.17, 15) is 4.79 Å². The fourth-order valence-corrected chi connectivity index (χ4v) is 4.91. The van der Waals surface area contributed by atoms with Gasteiger partial charge in [0.05, 0.1) is 9.95 Å². The van der Waals surface area contributed by atoms with Crippen LogP contribution in [-0.2, 0) is 11.2 Å². The number of aryl methyl sites for hydroxylation is 1. The zero-order valence-electron chi connectivity index (χ0n) is 13.0. The fraction of sp³-hybridized carbons (Fsp3) is 0.250. The smallest absolute Gasteiger partial charge is 0.231 e. The second-order valence-corrected chi connectivity index (χ2v) is 8.42. The van der Waals surface area contributed by atoms with E-state index in [-0.39, 0.29) is 17.6 Å². The molecule has 2 aliphatic rings. The number of benzene rings is 1. The number of thioether (sulfide) groups is 1. The molecule has 1 saturated heterocycles. The zero-order chi connectivity index (χ0) is 17.6. The summed E-state index contributed by atoms with van der Waals surface area (Å²) in [7, 11) is 0. The molecule has 2 aromatic rings. The van der Waals surface area contributed by atoms with Gasteiger partial charge in [0.25, 0.3) is 0 Å². The third-order valence-corrected chi connectivity index (χ3v) is 6.61. The standard InChI is InChI=1S/C16H12BrN3O3S2/c1-2-12-19-20-16(25-12)13-14(21)11(24-15(13)18)4-7-3-9-10(5-8(7)17)23-6-22-9/h3-5,13,18H,2,6H2,1H3. The highest BCUT2D eigenvalue weighted by molar-refractivity contribution is 9.10. The van der Waals surface area contributed by atoms with Crippen molar-refractivity contribution in [2.24, 2.45) is 0 Å². The molecular formula is C16H12BrN3O3S2. The van der Waals surface area contributed by atoms with Crippen LogP contribution in [0.2, 0.25) is 0 Å². The van der Waals surface area contributed by atoms with E-state index >= 15 is 0 Å². The Morgan fingerprint density at radius 1 is 1.36 bits per heavy atom. The minimum atomic E-state index is -0.637. The second-order valence-electron chi connectivity index (χ2n) is 5.39. The SMILES string of the molecule is CCc1nnc(C2C(=N)SC(=Cc3cc4c(cc3Br)OCO4)C2=O)s1. The van der Waals surface area contributed by atoms with E-state index in [0.717, 1.165) is 21.5 Å². The lowest BCUT2D eigenvalue weighted by Gasteiger charge is -2.03. The zero-order valence-corrected chi connectivity index (χ0v) is 16.3. The summed E-state index contributed by atoms with van der Waals surface area (Å²) in [5.41, 5.74) is 0.806. The van der Waals surface area contributed by atoms with Crippen LogP contribution < -0.4 is 9.47 Å². The van der Waals surface area contributed by atoms with Gasteiger partial charge in [-0.3, -0.25) is 10.2 Å². The number of fused-ring (bicyclic) bond motifs is 1. The van der Waals surface area contributed by atoms with Gasteiger partial charge in [0.15, 0.2) is 17.3 Å². The minimum Gasteiger partial charge on any atom is -0.454 e. The highest BCUT2D eigenvalue weighted by atomic mass is 79.9. The Kier molecular flexibility index (Phi) is 4.38. The Bertz CT molecular complexity index is 925. The minimum absolute atomic E-state index is 0.113. The molecule has 0 spiro atoms. The van der Waals surface area contributed by atoms with Gasteiger partial charge in [-0.2, -0.15) is 0 Å². The molecule has 25 heavy (non-hydrogen) atoms.